The van der Waals surface area contributed by atoms with Crippen LogP contribution in [0.4, 0.5) is 22.0 Å². The molecule has 8 nitrogen and oxygen atoms in total. The number of nitrogens with zero attached hydrogens (tertiary/aromatic N) is 3. The first kappa shape index (κ1) is 24.4. The second-order valence-corrected chi connectivity index (χ2v) is 10.8. The number of rotatable bonds is 6. The number of piperidine rings is 1. The smallest absolute Gasteiger partial charge is 0.425 e. The Kier molecular flexibility index (Phi) is 5.46. The molecule has 2 fully saturated rings. The largest absolute Gasteiger partial charge is 0.480 e. The van der Waals surface area contributed by atoms with E-state index in [-0.39, 0.29) is 35.4 Å². The Morgan fingerprint density at radius 3 is 2.53 bits per heavy atom. The maximum Gasteiger partial charge on any atom is 0.425 e. The molecule has 2 heterocycles. The number of benzene rings is 1. The standard InChI is InChI=1S/C20H20F5N3O5S/c1-10(20(23,24)25)32-14-5-4-12(34(3,30)31)6-13(14)15(29)28-8-11-7-19(11,9-28)17-26-16(27-33-17)18(2,21)22/h4-6,10-11H,7-9H2,1-3H3/t10-,11?,19?/m1/s1. The summed E-state index contributed by atoms with van der Waals surface area (Å²) in [5.41, 5.74) is -1.19. The summed E-state index contributed by atoms with van der Waals surface area (Å²) in [5.74, 6) is -5.51. The number of likely N-dealkylation sites (tertiary alicyclic amines) is 1. The highest BCUT2D eigenvalue weighted by Crippen LogP contribution is 2.59. The first-order chi connectivity index (χ1) is 15.5. The fourth-order valence-corrected chi connectivity index (χ4v) is 4.66. The van der Waals surface area contributed by atoms with Gasteiger partial charge in [-0.3, -0.25) is 4.79 Å². The third kappa shape index (κ3) is 4.34. The highest BCUT2D eigenvalue weighted by Gasteiger charge is 2.65. The maximum absolute atomic E-state index is 13.5. The van der Waals surface area contributed by atoms with E-state index in [2.05, 4.69) is 10.1 Å². The van der Waals surface area contributed by atoms with E-state index >= 15 is 0 Å². The molecule has 3 atom stereocenters. The Morgan fingerprint density at radius 2 is 1.97 bits per heavy atom. The Bertz CT molecular complexity index is 1240. The summed E-state index contributed by atoms with van der Waals surface area (Å²) in [6, 6.07) is 3.03. The van der Waals surface area contributed by atoms with Crippen LogP contribution in [0.25, 0.3) is 0 Å². The number of fused-ring (bicyclic) bond motifs is 1. The molecule has 4 rings (SSSR count). The summed E-state index contributed by atoms with van der Waals surface area (Å²) in [4.78, 5) is 18.1. The van der Waals surface area contributed by atoms with Gasteiger partial charge < -0.3 is 14.2 Å². The van der Waals surface area contributed by atoms with Gasteiger partial charge in [0.25, 0.3) is 5.91 Å². The van der Waals surface area contributed by atoms with Crippen LogP contribution in [-0.4, -0.2) is 61.0 Å². The fourth-order valence-electron chi connectivity index (χ4n) is 4.01. The van der Waals surface area contributed by atoms with E-state index < -0.39 is 50.9 Å². The molecule has 34 heavy (non-hydrogen) atoms. The molecule has 2 aromatic rings. The normalized spacial score (nSPS) is 23.5. The number of aromatic nitrogens is 2. The molecule has 1 aliphatic carbocycles. The predicted molar refractivity (Wildman–Crippen MR) is 105 cm³/mol. The van der Waals surface area contributed by atoms with E-state index in [4.69, 9.17) is 9.26 Å². The van der Waals surface area contributed by atoms with Crippen molar-refractivity contribution in [1.29, 1.82) is 0 Å². The lowest BCUT2D eigenvalue weighted by molar-refractivity contribution is -0.189. The minimum absolute atomic E-state index is 0.00914. The minimum atomic E-state index is -4.72. The summed E-state index contributed by atoms with van der Waals surface area (Å²) >= 11 is 0. The Labute approximate surface area is 191 Å². The topological polar surface area (TPSA) is 103 Å². The number of ether oxygens (including phenoxy) is 1. The molecule has 1 amide bonds. The van der Waals surface area contributed by atoms with E-state index in [9.17, 15) is 35.2 Å². The second kappa shape index (κ2) is 7.62. The minimum Gasteiger partial charge on any atom is -0.480 e. The molecule has 186 valence electrons. The lowest BCUT2D eigenvalue weighted by atomic mass is 10.1. The Hall–Kier alpha value is -2.77. The molecular formula is C20H20F5N3O5S. The van der Waals surface area contributed by atoms with Gasteiger partial charge in [-0.15, -0.1) is 0 Å². The van der Waals surface area contributed by atoms with Crippen molar-refractivity contribution in [1.82, 2.24) is 15.0 Å². The van der Waals surface area contributed by atoms with E-state index in [1.807, 2.05) is 0 Å². The van der Waals surface area contributed by atoms with Crippen LogP contribution >= 0.6 is 0 Å². The van der Waals surface area contributed by atoms with Gasteiger partial charge in [0.2, 0.25) is 11.7 Å². The van der Waals surface area contributed by atoms with Crippen LogP contribution in [0.15, 0.2) is 27.6 Å². The number of hydrogen-bond donors (Lipinski definition) is 0. The van der Waals surface area contributed by atoms with Gasteiger partial charge in [-0.25, -0.2) is 8.42 Å². The molecule has 0 bridgehead atoms. The number of carbonyl (C=O) groups is 1. The monoisotopic (exact) mass is 509 g/mol. The highest BCUT2D eigenvalue weighted by atomic mass is 32.2. The van der Waals surface area contributed by atoms with Crippen LogP contribution in [0.1, 0.15) is 42.3 Å². The molecule has 0 N–H and O–H groups in total. The Balaban J connectivity index is 1.63. The number of sulfone groups is 1. The van der Waals surface area contributed by atoms with Gasteiger partial charge in [0.05, 0.1) is 15.9 Å². The van der Waals surface area contributed by atoms with Gasteiger partial charge >= 0.3 is 12.1 Å². The van der Waals surface area contributed by atoms with Crippen molar-refractivity contribution in [3.05, 3.63) is 35.5 Å². The molecule has 1 aromatic carbocycles. The number of alkyl halides is 5. The molecule has 1 aromatic heterocycles. The molecule has 2 aliphatic rings. The average molecular weight is 509 g/mol. The van der Waals surface area contributed by atoms with Crippen molar-refractivity contribution in [3.63, 3.8) is 0 Å². The lowest BCUT2D eigenvalue weighted by Crippen LogP contribution is -2.35. The maximum atomic E-state index is 13.5. The average Bonchev–Trinajstić information content (AvgIpc) is 3.07. The Morgan fingerprint density at radius 1 is 1.29 bits per heavy atom. The van der Waals surface area contributed by atoms with Crippen molar-refractivity contribution in [3.8, 4) is 5.75 Å². The molecular weight excluding hydrogens is 489 g/mol. The van der Waals surface area contributed by atoms with Crippen LogP contribution in [0, 0.1) is 5.92 Å². The molecule has 1 saturated carbocycles. The van der Waals surface area contributed by atoms with Crippen molar-refractivity contribution in [2.24, 2.45) is 5.92 Å². The first-order valence-corrected chi connectivity index (χ1v) is 12.0. The summed E-state index contributed by atoms with van der Waals surface area (Å²) in [6.07, 6.45) is -5.57. The van der Waals surface area contributed by atoms with Gasteiger partial charge in [0, 0.05) is 26.3 Å². The van der Waals surface area contributed by atoms with Crippen LogP contribution in [0.2, 0.25) is 0 Å². The number of hydrogen-bond acceptors (Lipinski definition) is 7. The summed E-state index contributed by atoms with van der Waals surface area (Å²) in [6.45, 7) is 1.52. The van der Waals surface area contributed by atoms with Crippen LogP contribution in [-0.2, 0) is 21.2 Å². The van der Waals surface area contributed by atoms with Crippen molar-refractivity contribution < 1.29 is 44.4 Å². The van der Waals surface area contributed by atoms with Crippen molar-refractivity contribution in [2.75, 3.05) is 19.3 Å². The number of carbonyl (C=O) groups excluding carboxylic acids is 1. The second-order valence-electron chi connectivity index (χ2n) is 8.79. The predicted octanol–water partition coefficient (Wildman–Crippen LogP) is 3.33. The van der Waals surface area contributed by atoms with Gasteiger partial charge in [0.15, 0.2) is 15.9 Å². The summed E-state index contributed by atoms with van der Waals surface area (Å²) in [5, 5.41) is 3.31. The van der Waals surface area contributed by atoms with Crippen LogP contribution in [0.3, 0.4) is 0 Å². The van der Waals surface area contributed by atoms with Gasteiger partial charge in [0.1, 0.15) is 5.75 Å². The highest BCUT2D eigenvalue weighted by molar-refractivity contribution is 7.90. The van der Waals surface area contributed by atoms with E-state index in [1.54, 1.807) is 0 Å². The zero-order chi connectivity index (χ0) is 25.3. The fraction of sp³-hybridized carbons (Fsp3) is 0.550. The van der Waals surface area contributed by atoms with E-state index in [0.717, 1.165) is 31.4 Å². The summed E-state index contributed by atoms with van der Waals surface area (Å²) in [7, 11) is -3.78. The summed E-state index contributed by atoms with van der Waals surface area (Å²) < 4.78 is 100.0. The first-order valence-electron chi connectivity index (χ1n) is 10.1. The molecule has 1 saturated heterocycles. The third-order valence-electron chi connectivity index (χ3n) is 6.05. The molecule has 2 unspecified atom stereocenters. The molecule has 0 radical (unpaired) electrons. The van der Waals surface area contributed by atoms with Gasteiger partial charge in [-0.2, -0.15) is 26.9 Å². The van der Waals surface area contributed by atoms with E-state index in [0.29, 0.717) is 13.3 Å². The number of amides is 1. The molecule has 1 aliphatic heterocycles. The quantitative estimate of drug-likeness (QED) is 0.551. The van der Waals surface area contributed by atoms with E-state index in [1.165, 1.54) is 4.90 Å². The van der Waals surface area contributed by atoms with Gasteiger partial charge in [-0.05, 0) is 37.5 Å². The number of halogens is 5. The zero-order valence-corrected chi connectivity index (χ0v) is 19.0. The molecule has 14 heteroatoms. The third-order valence-corrected chi connectivity index (χ3v) is 7.16. The molecule has 0 spiro atoms. The van der Waals surface area contributed by atoms with Crippen LogP contribution < -0.4 is 4.74 Å². The van der Waals surface area contributed by atoms with Crippen LogP contribution in [0.5, 0.6) is 5.75 Å². The zero-order valence-electron chi connectivity index (χ0n) is 18.2. The lowest BCUT2D eigenvalue weighted by Gasteiger charge is -2.23. The van der Waals surface area contributed by atoms with Gasteiger partial charge in [-0.1, -0.05) is 5.16 Å². The van der Waals surface area contributed by atoms with Crippen molar-refractivity contribution in [2.45, 2.75) is 48.8 Å². The SMILES string of the molecule is C[C@@H](Oc1ccc(S(C)(=O)=O)cc1C(=O)N1CC2CC2(c2nc(C(C)(F)F)no2)C1)C(F)(F)F. The van der Waals surface area contributed by atoms with Crippen molar-refractivity contribution >= 4 is 15.7 Å².